The van der Waals surface area contributed by atoms with Crippen molar-refractivity contribution in [2.45, 2.75) is 212 Å². The molecule has 1 amide bonds. The van der Waals surface area contributed by atoms with Crippen molar-refractivity contribution in [1.82, 2.24) is 5.32 Å². The summed E-state index contributed by atoms with van der Waals surface area (Å²) in [6.07, 6.45) is 38.3. The second-order valence-corrected chi connectivity index (χ2v) is 15.3. The van der Waals surface area contributed by atoms with E-state index in [0.29, 0.717) is 6.42 Å². The number of nitrogens with two attached hydrogens (primary N) is 1. The maximum atomic E-state index is 12.7. The minimum atomic E-state index is -4.33. The maximum Gasteiger partial charge on any atom is 0.472 e. The van der Waals surface area contributed by atoms with Gasteiger partial charge in [0.05, 0.1) is 25.4 Å². The molecule has 3 atom stereocenters. The molecule has 0 radical (unpaired) electrons. The Hall–Kier alpha value is -0.760. The molecule has 48 heavy (non-hydrogen) atoms. The number of phosphoric ester groups is 1. The molecule has 3 unspecified atom stereocenters. The van der Waals surface area contributed by atoms with Crippen molar-refractivity contribution < 1.29 is 28.4 Å². The fourth-order valence-electron chi connectivity index (χ4n) is 6.01. The summed E-state index contributed by atoms with van der Waals surface area (Å²) in [4.78, 5) is 22.6. The summed E-state index contributed by atoms with van der Waals surface area (Å²) < 4.78 is 22.0. The van der Waals surface area contributed by atoms with Crippen LogP contribution in [0.5, 0.6) is 0 Å². The van der Waals surface area contributed by atoms with Gasteiger partial charge in [-0.1, -0.05) is 187 Å². The summed E-state index contributed by atoms with van der Waals surface area (Å²) in [7, 11) is -4.33. The number of amides is 1. The Morgan fingerprint density at radius 2 is 1.06 bits per heavy atom. The van der Waals surface area contributed by atoms with E-state index in [0.717, 1.165) is 38.5 Å². The molecule has 0 aliphatic heterocycles. The van der Waals surface area contributed by atoms with Crippen LogP contribution in [0.2, 0.25) is 0 Å². The first-order valence-electron chi connectivity index (χ1n) is 20.3. The van der Waals surface area contributed by atoms with E-state index in [2.05, 4.69) is 19.2 Å². The average Bonchev–Trinajstić information content (AvgIpc) is 3.07. The number of hydrogen-bond donors (Lipinski definition) is 4. The highest BCUT2D eigenvalue weighted by Gasteiger charge is 2.26. The van der Waals surface area contributed by atoms with Gasteiger partial charge in [0, 0.05) is 13.0 Å². The Labute approximate surface area is 296 Å². The normalized spacial score (nSPS) is 14.4. The average molecular weight is 703 g/mol. The topological polar surface area (TPSA) is 131 Å². The van der Waals surface area contributed by atoms with Gasteiger partial charge in [-0.25, -0.2) is 4.57 Å². The minimum absolute atomic E-state index is 0.0810. The van der Waals surface area contributed by atoms with Crippen LogP contribution in [-0.4, -0.2) is 47.8 Å². The van der Waals surface area contributed by atoms with Crippen LogP contribution in [0.1, 0.15) is 200 Å². The van der Waals surface area contributed by atoms with Crippen LogP contribution < -0.4 is 11.1 Å². The van der Waals surface area contributed by atoms with Crippen LogP contribution >= 0.6 is 7.82 Å². The Morgan fingerprint density at radius 1 is 0.667 bits per heavy atom. The molecule has 0 bridgehead atoms. The molecule has 0 aliphatic rings. The summed E-state index contributed by atoms with van der Waals surface area (Å²) in [5.41, 5.74) is 5.36. The summed E-state index contributed by atoms with van der Waals surface area (Å²) in [5.74, 6) is -0.192. The number of nitrogens with one attached hydrogen (secondary N) is 1. The monoisotopic (exact) mass is 703 g/mol. The number of rotatable bonds is 38. The van der Waals surface area contributed by atoms with Crippen molar-refractivity contribution in [3.05, 3.63) is 12.2 Å². The van der Waals surface area contributed by atoms with Gasteiger partial charge in [-0.2, -0.15) is 0 Å². The molecule has 286 valence electrons. The zero-order valence-electron chi connectivity index (χ0n) is 31.5. The number of hydrogen-bond acceptors (Lipinski definition) is 6. The van der Waals surface area contributed by atoms with Crippen LogP contribution in [0, 0.1) is 0 Å². The summed E-state index contributed by atoms with van der Waals surface area (Å²) in [6.45, 7) is 4.13. The van der Waals surface area contributed by atoms with E-state index in [1.807, 2.05) is 6.08 Å². The van der Waals surface area contributed by atoms with E-state index in [-0.39, 0.29) is 25.7 Å². The van der Waals surface area contributed by atoms with Crippen molar-refractivity contribution in [3.63, 3.8) is 0 Å². The van der Waals surface area contributed by atoms with Crippen molar-refractivity contribution >= 4 is 13.7 Å². The standard InChI is InChI=1S/C39H79N2O6P/c1-3-5-7-9-11-13-15-16-17-18-19-20-21-23-25-27-29-31-33-39(43)41-37(36-47-48(44,45)46-35-34-40)38(42)32-30-28-26-24-22-14-12-10-8-6-4-2/h30,32,37-38,42H,3-29,31,33-36,40H2,1-2H3,(H,41,43)(H,44,45)/b32-30+. The number of carbonyl (C=O) groups excluding carboxylic acids is 1. The number of unbranched alkanes of at least 4 members (excludes halogenated alkanes) is 26. The van der Waals surface area contributed by atoms with Crippen molar-refractivity contribution in [1.29, 1.82) is 0 Å². The molecule has 0 aromatic heterocycles. The number of allylic oxidation sites excluding steroid dienone is 1. The molecular formula is C39H79N2O6P. The van der Waals surface area contributed by atoms with Crippen molar-refractivity contribution in [2.24, 2.45) is 5.73 Å². The second-order valence-electron chi connectivity index (χ2n) is 13.9. The van der Waals surface area contributed by atoms with Gasteiger partial charge in [0.2, 0.25) is 5.91 Å². The van der Waals surface area contributed by atoms with Gasteiger partial charge in [-0.05, 0) is 19.3 Å². The van der Waals surface area contributed by atoms with E-state index in [1.165, 1.54) is 141 Å². The molecule has 0 spiro atoms. The third-order valence-corrected chi connectivity index (χ3v) is 10.1. The van der Waals surface area contributed by atoms with Gasteiger partial charge in [-0.3, -0.25) is 13.8 Å². The fourth-order valence-corrected chi connectivity index (χ4v) is 6.77. The smallest absolute Gasteiger partial charge is 0.387 e. The molecule has 9 heteroatoms. The van der Waals surface area contributed by atoms with E-state index >= 15 is 0 Å². The van der Waals surface area contributed by atoms with Crippen LogP contribution in [-0.2, 0) is 18.4 Å². The van der Waals surface area contributed by atoms with Gasteiger partial charge in [0.15, 0.2) is 0 Å². The molecule has 8 nitrogen and oxygen atoms in total. The second kappa shape index (κ2) is 36.0. The summed E-state index contributed by atoms with van der Waals surface area (Å²) in [5, 5.41) is 13.6. The minimum Gasteiger partial charge on any atom is -0.387 e. The molecule has 5 N–H and O–H groups in total. The van der Waals surface area contributed by atoms with Crippen LogP contribution in [0.4, 0.5) is 0 Å². The Kier molecular flexibility index (Phi) is 35.5. The number of aliphatic hydroxyl groups is 1. The molecule has 0 heterocycles. The van der Waals surface area contributed by atoms with Gasteiger partial charge < -0.3 is 21.1 Å². The van der Waals surface area contributed by atoms with Crippen LogP contribution in [0.15, 0.2) is 12.2 Å². The largest absolute Gasteiger partial charge is 0.472 e. The highest BCUT2D eigenvalue weighted by molar-refractivity contribution is 7.47. The van der Waals surface area contributed by atoms with Gasteiger partial charge in [0.25, 0.3) is 0 Å². The van der Waals surface area contributed by atoms with E-state index in [4.69, 9.17) is 14.8 Å². The van der Waals surface area contributed by atoms with Crippen LogP contribution in [0.25, 0.3) is 0 Å². The molecule has 0 saturated heterocycles. The lowest BCUT2D eigenvalue weighted by atomic mass is 10.0. The first kappa shape index (κ1) is 47.2. The number of phosphoric acid groups is 1. The zero-order chi connectivity index (χ0) is 35.4. The van der Waals surface area contributed by atoms with Gasteiger partial charge >= 0.3 is 7.82 Å². The third-order valence-electron chi connectivity index (χ3n) is 9.11. The fraction of sp³-hybridized carbons (Fsp3) is 0.923. The molecule has 0 aliphatic carbocycles. The van der Waals surface area contributed by atoms with Crippen LogP contribution in [0.3, 0.4) is 0 Å². The Balaban J connectivity index is 4.17. The van der Waals surface area contributed by atoms with E-state index in [1.54, 1.807) is 6.08 Å². The van der Waals surface area contributed by atoms with Crippen molar-refractivity contribution in [2.75, 3.05) is 19.8 Å². The quantitative estimate of drug-likeness (QED) is 0.0286. The lowest BCUT2D eigenvalue weighted by Gasteiger charge is -2.23. The SMILES string of the molecule is CCCCCCCCCCC/C=C/C(O)C(COP(=O)(O)OCCN)NC(=O)CCCCCCCCCCCCCCCCCCCC. The first-order valence-corrected chi connectivity index (χ1v) is 21.8. The highest BCUT2D eigenvalue weighted by atomic mass is 31.2. The molecule has 0 aromatic carbocycles. The number of carbonyl (C=O) groups is 1. The maximum absolute atomic E-state index is 12.7. The van der Waals surface area contributed by atoms with E-state index in [9.17, 15) is 19.4 Å². The predicted molar refractivity (Wildman–Crippen MR) is 203 cm³/mol. The highest BCUT2D eigenvalue weighted by Crippen LogP contribution is 2.43. The van der Waals surface area contributed by atoms with Crippen molar-refractivity contribution in [3.8, 4) is 0 Å². The van der Waals surface area contributed by atoms with Gasteiger partial charge in [-0.15, -0.1) is 0 Å². The Morgan fingerprint density at radius 3 is 1.48 bits per heavy atom. The third kappa shape index (κ3) is 33.7. The summed E-state index contributed by atoms with van der Waals surface area (Å²) in [6, 6.07) is -0.852. The number of aliphatic hydroxyl groups excluding tert-OH is 1. The zero-order valence-corrected chi connectivity index (χ0v) is 32.4. The molecule has 0 saturated carbocycles. The van der Waals surface area contributed by atoms with E-state index < -0.39 is 20.0 Å². The molecule has 0 aromatic rings. The molecular weight excluding hydrogens is 623 g/mol. The lowest BCUT2D eigenvalue weighted by molar-refractivity contribution is -0.123. The van der Waals surface area contributed by atoms with Gasteiger partial charge in [0.1, 0.15) is 0 Å². The summed E-state index contributed by atoms with van der Waals surface area (Å²) >= 11 is 0. The molecule has 0 fully saturated rings. The first-order chi connectivity index (χ1) is 23.4. The molecule has 0 rings (SSSR count). The predicted octanol–water partition coefficient (Wildman–Crippen LogP) is 10.8. The Bertz CT molecular complexity index is 769. The lowest BCUT2D eigenvalue weighted by Crippen LogP contribution is -2.45.